The third-order valence-electron chi connectivity index (χ3n) is 5.73. The number of hydrogen-bond donors (Lipinski definition) is 3. The van der Waals surface area contributed by atoms with Crippen LogP contribution in [0.15, 0.2) is 41.5 Å². The SMILES string of the molecule is NC1=NNNc2cccc(OC[C@H]3CCCN(C(=O)c4cccc5c4OCCO5)C3)c21. The maximum absolute atomic E-state index is 13.2. The number of hydrazine groups is 1. The van der Waals surface area contributed by atoms with Gasteiger partial charge in [-0.2, -0.15) is 0 Å². The molecule has 162 valence electrons. The lowest BCUT2D eigenvalue weighted by molar-refractivity contribution is 0.0624. The van der Waals surface area contributed by atoms with Crippen molar-refractivity contribution in [3.8, 4) is 17.2 Å². The molecule has 3 heterocycles. The molecular weight excluding hydrogens is 398 g/mol. The van der Waals surface area contributed by atoms with Crippen LogP contribution in [-0.2, 0) is 0 Å². The summed E-state index contributed by atoms with van der Waals surface area (Å²) in [4.78, 5) is 15.1. The van der Waals surface area contributed by atoms with Crippen molar-refractivity contribution in [2.75, 3.05) is 38.3 Å². The fraction of sp³-hybridized carbons (Fsp3) is 0.364. The van der Waals surface area contributed by atoms with Crippen molar-refractivity contribution in [3.05, 3.63) is 47.5 Å². The highest BCUT2D eigenvalue weighted by Crippen LogP contribution is 2.35. The van der Waals surface area contributed by atoms with E-state index in [4.69, 9.17) is 19.9 Å². The molecule has 2 aromatic carbocycles. The number of anilines is 1. The van der Waals surface area contributed by atoms with Gasteiger partial charge in [0.05, 0.1) is 23.4 Å². The molecule has 0 bridgehead atoms. The van der Waals surface area contributed by atoms with Crippen LogP contribution >= 0.6 is 0 Å². The van der Waals surface area contributed by atoms with Gasteiger partial charge in [-0.15, -0.1) is 5.10 Å². The number of hydrazone groups is 1. The number of para-hydroxylation sites is 1. The molecule has 3 aliphatic rings. The van der Waals surface area contributed by atoms with Crippen molar-refractivity contribution in [1.82, 2.24) is 10.4 Å². The standard InChI is InChI=1S/C22H25N5O4/c23-21-19-16(24-26-25-21)6-2-7-17(19)31-13-14-4-3-9-27(12-14)22(28)15-5-1-8-18-20(15)30-11-10-29-18/h1-2,5-8,14,24,26H,3-4,9-13H2,(H2,23,25)/t14-/m0/s1. The average molecular weight is 423 g/mol. The molecule has 4 N–H and O–H groups in total. The molecule has 2 aromatic rings. The molecule has 1 saturated heterocycles. The van der Waals surface area contributed by atoms with Gasteiger partial charge in [-0.3, -0.25) is 10.2 Å². The number of hydrogen-bond acceptors (Lipinski definition) is 8. The van der Waals surface area contributed by atoms with Gasteiger partial charge in [-0.05, 0) is 37.1 Å². The Kier molecular flexibility index (Phi) is 5.15. The molecule has 9 heteroatoms. The monoisotopic (exact) mass is 423 g/mol. The third kappa shape index (κ3) is 3.78. The molecule has 0 saturated carbocycles. The number of nitrogens with two attached hydrogens (primary N) is 1. The topological polar surface area (TPSA) is 110 Å². The number of nitrogens with one attached hydrogen (secondary N) is 2. The predicted octanol–water partition coefficient (Wildman–Crippen LogP) is 1.94. The predicted molar refractivity (Wildman–Crippen MR) is 115 cm³/mol. The molecule has 0 aromatic heterocycles. The average Bonchev–Trinajstić information content (AvgIpc) is 2.82. The summed E-state index contributed by atoms with van der Waals surface area (Å²) < 4.78 is 17.5. The number of rotatable bonds is 4. The number of likely N-dealkylation sites (tertiary alicyclic amines) is 1. The lowest BCUT2D eigenvalue weighted by Gasteiger charge is -2.33. The van der Waals surface area contributed by atoms with Gasteiger partial charge in [-0.25, -0.2) is 5.53 Å². The smallest absolute Gasteiger partial charge is 0.257 e. The highest BCUT2D eigenvalue weighted by Gasteiger charge is 2.29. The molecule has 31 heavy (non-hydrogen) atoms. The van der Waals surface area contributed by atoms with E-state index in [9.17, 15) is 4.79 Å². The molecule has 0 spiro atoms. The Morgan fingerprint density at radius 2 is 2.10 bits per heavy atom. The maximum Gasteiger partial charge on any atom is 0.257 e. The largest absolute Gasteiger partial charge is 0.492 e. The van der Waals surface area contributed by atoms with E-state index in [1.807, 2.05) is 35.2 Å². The lowest BCUT2D eigenvalue weighted by atomic mass is 9.98. The number of benzene rings is 2. The second-order valence-corrected chi connectivity index (χ2v) is 7.81. The van der Waals surface area contributed by atoms with Gasteiger partial charge in [0, 0.05) is 19.0 Å². The van der Waals surface area contributed by atoms with Crippen molar-refractivity contribution in [1.29, 1.82) is 0 Å². The first-order valence-corrected chi connectivity index (χ1v) is 10.5. The van der Waals surface area contributed by atoms with Gasteiger partial charge in [0.25, 0.3) is 5.91 Å². The number of carbonyl (C=O) groups excluding carboxylic acids is 1. The summed E-state index contributed by atoms with van der Waals surface area (Å²) in [6.45, 7) is 2.79. The van der Waals surface area contributed by atoms with Crippen LogP contribution < -0.4 is 30.9 Å². The Morgan fingerprint density at radius 1 is 1.23 bits per heavy atom. The number of nitrogens with zero attached hydrogens (tertiary/aromatic N) is 2. The zero-order valence-electron chi connectivity index (χ0n) is 17.1. The second-order valence-electron chi connectivity index (χ2n) is 7.81. The number of fused-ring (bicyclic) bond motifs is 2. The highest BCUT2D eigenvalue weighted by atomic mass is 16.6. The number of amides is 1. The quantitative estimate of drug-likeness (QED) is 0.689. The van der Waals surface area contributed by atoms with Crippen molar-refractivity contribution in [2.45, 2.75) is 12.8 Å². The molecule has 1 atom stereocenters. The number of ether oxygens (including phenoxy) is 3. The number of carbonyl (C=O) groups is 1. The van der Waals surface area contributed by atoms with E-state index in [-0.39, 0.29) is 11.8 Å². The van der Waals surface area contributed by atoms with Gasteiger partial charge >= 0.3 is 0 Å². The number of amidine groups is 1. The minimum Gasteiger partial charge on any atom is -0.492 e. The Bertz CT molecular complexity index is 1020. The van der Waals surface area contributed by atoms with Gasteiger partial charge in [0.2, 0.25) is 0 Å². The molecule has 0 unspecified atom stereocenters. The van der Waals surface area contributed by atoms with E-state index in [1.54, 1.807) is 6.07 Å². The summed E-state index contributed by atoms with van der Waals surface area (Å²) in [5.74, 6) is 2.42. The molecule has 3 aliphatic heterocycles. The van der Waals surface area contributed by atoms with Gasteiger partial charge in [0.1, 0.15) is 19.0 Å². The fourth-order valence-corrected chi connectivity index (χ4v) is 4.23. The van der Waals surface area contributed by atoms with E-state index in [0.717, 1.165) is 30.6 Å². The molecule has 5 rings (SSSR count). The Hall–Kier alpha value is -3.62. The van der Waals surface area contributed by atoms with E-state index < -0.39 is 0 Å². The zero-order chi connectivity index (χ0) is 21.2. The first kappa shape index (κ1) is 19.3. The zero-order valence-corrected chi connectivity index (χ0v) is 17.1. The van der Waals surface area contributed by atoms with Crippen LogP contribution in [0.3, 0.4) is 0 Å². The highest BCUT2D eigenvalue weighted by molar-refractivity contribution is 6.05. The van der Waals surface area contributed by atoms with Crippen molar-refractivity contribution < 1.29 is 19.0 Å². The molecule has 0 aliphatic carbocycles. The van der Waals surface area contributed by atoms with Gasteiger partial charge in [-0.1, -0.05) is 12.1 Å². The molecule has 9 nitrogen and oxygen atoms in total. The maximum atomic E-state index is 13.2. The van der Waals surface area contributed by atoms with Crippen LogP contribution in [0.1, 0.15) is 28.8 Å². The Labute approximate surface area is 180 Å². The van der Waals surface area contributed by atoms with Crippen molar-refractivity contribution in [3.63, 3.8) is 0 Å². The summed E-state index contributed by atoms with van der Waals surface area (Å²) in [5.41, 5.74) is 13.8. The van der Waals surface area contributed by atoms with Gasteiger partial charge < -0.3 is 24.8 Å². The Balaban J connectivity index is 1.27. The summed E-state index contributed by atoms with van der Waals surface area (Å²) in [6, 6.07) is 11.2. The van der Waals surface area contributed by atoms with E-state index in [0.29, 0.717) is 55.0 Å². The summed E-state index contributed by atoms with van der Waals surface area (Å²) in [7, 11) is 0. The minimum absolute atomic E-state index is 0.0317. The molecule has 1 fully saturated rings. The summed E-state index contributed by atoms with van der Waals surface area (Å²) in [6.07, 6.45) is 1.92. The molecule has 0 radical (unpaired) electrons. The normalized spacial score (nSPS) is 19.4. The van der Waals surface area contributed by atoms with Crippen LogP contribution in [0.2, 0.25) is 0 Å². The van der Waals surface area contributed by atoms with Crippen molar-refractivity contribution >= 4 is 17.4 Å². The van der Waals surface area contributed by atoms with E-state index in [1.165, 1.54) is 0 Å². The number of piperidine rings is 1. The molecular formula is C22H25N5O4. The summed E-state index contributed by atoms with van der Waals surface area (Å²) >= 11 is 0. The van der Waals surface area contributed by atoms with Gasteiger partial charge in [0.15, 0.2) is 17.3 Å². The Morgan fingerprint density at radius 3 is 3.03 bits per heavy atom. The second kappa shape index (κ2) is 8.25. The lowest BCUT2D eigenvalue weighted by Crippen LogP contribution is -2.42. The first-order chi connectivity index (χ1) is 15.2. The molecule has 1 amide bonds. The van der Waals surface area contributed by atoms with E-state index >= 15 is 0 Å². The van der Waals surface area contributed by atoms with Crippen LogP contribution in [-0.4, -0.2) is 49.6 Å². The minimum atomic E-state index is -0.0317. The third-order valence-corrected chi connectivity index (χ3v) is 5.73. The van der Waals surface area contributed by atoms with Crippen LogP contribution in [0.25, 0.3) is 0 Å². The van der Waals surface area contributed by atoms with E-state index in [2.05, 4.69) is 16.1 Å². The first-order valence-electron chi connectivity index (χ1n) is 10.5. The van der Waals surface area contributed by atoms with Crippen LogP contribution in [0.4, 0.5) is 5.69 Å². The fourth-order valence-electron chi connectivity index (χ4n) is 4.23. The van der Waals surface area contributed by atoms with Crippen LogP contribution in [0, 0.1) is 5.92 Å². The van der Waals surface area contributed by atoms with Crippen molar-refractivity contribution in [2.24, 2.45) is 16.8 Å². The van der Waals surface area contributed by atoms with Crippen LogP contribution in [0.5, 0.6) is 17.2 Å². The summed E-state index contributed by atoms with van der Waals surface area (Å²) in [5, 5.41) is 4.01.